The van der Waals surface area contributed by atoms with E-state index in [2.05, 4.69) is 15.0 Å². The van der Waals surface area contributed by atoms with Gasteiger partial charge in [0.15, 0.2) is 0 Å². The van der Waals surface area contributed by atoms with Crippen molar-refractivity contribution in [1.82, 2.24) is 24.8 Å². The van der Waals surface area contributed by atoms with E-state index in [4.69, 9.17) is 0 Å². The van der Waals surface area contributed by atoms with E-state index >= 15 is 0 Å². The maximum absolute atomic E-state index is 13.0. The van der Waals surface area contributed by atoms with Gasteiger partial charge in [-0.1, -0.05) is 0 Å². The normalized spacial score (nSPS) is 20.6. The van der Waals surface area contributed by atoms with Gasteiger partial charge in [0.05, 0.1) is 10.9 Å². The molecule has 0 aromatic carbocycles. The minimum atomic E-state index is -0.440. The molecule has 4 heterocycles. The van der Waals surface area contributed by atoms with Crippen LogP contribution in [0, 0.1) is 0 Å². The van der Waals surface area contributed by atoms with Gasteiger partial charge >= 0.3 is 0 Å². The largest absolute Gasteiger partial charge is 0.347 e. The zero-order valence-electron chi connectivity index (χ0n) is 17.7. The van der Waals surface area contributed by atoms with Crippen LogP contribution in [0.1, 0.15) is 44.2 Å². The molecule has 0 unspecified atom stereocenters. The number of aromatic amines is 1. The summed E-state index contributed by atoms with van der Waals surface area (Å²) in [6.07, 6.45) is 4.62. The lowest BCUT2D eigenvalue weighted by Gasteiger charge is -2.36. The number of amides is 2. The Morgan fingerprint density at radius 3 is 2.77 bits per heavy atom. The van der Waals surface area contributed by atoms with Gasteiger partial charge in [0.1, 0.15) is 6.04 Å². The number of carbonyl (C=O) groups excluding carboxylic acids is 2. The molecule has 0 saturated carbocycles. The fourth-order valence-corrected chi connectivity index (χ4v) is 4.39. The molecule has 2 aromatic rings. The number of carbonyl (C=O) groups is 2. The van der Waals surface area contributed by atoms with Gasteiger partial charge in [-0.2, -0.15) is 0 Å². The SMILES string of the molecule is C[C@H](C(=O)N1CCC[C@@H](c2cc3nc(N(C)C)ncc3c(=O)[nH]2)C1)N1CCCC1=O. The van der Waals surface area contributed by atoms with Crippen LogP contribution in [-0.4, -0.2) is 76.3 Å². The van der Waals surface area contributed by atoms with E-state index in [-0.39, 0.29) is 23.3 Å². The fourth-order valence-electron chi connectivity index (χ4n) is 4.39. The van der Waals surface area contributed by atoms with Gasteiger partial charge in [0.2, 0.25) is 17.8 Å². The lowest BCUT2D eigenvalue weighted by atomic mass is 9.93. The summed E-state index contributed by atoms with van der Waals surface area (Å²) in [4.78, 5) is 54.6. The van der Waals surface area contributed by atoms with Crippen molar-refractivity contribution >= 4 is 28.7 Å². The van der Waals surface area contributed by atoms with Gasteiger partial charge in [-0.15, -0.1) is 0 Å². The summed E-state index contributed by atoms with van der Waals surface area (Å²) in [6, 6.07) is 1.46. The van der Waals surface area contributed by atoms with Crippen LogP contribution < -0.4 is 10.5 Å². The summed E-state index contributed by atoms with van der Waals surface area (Å²) in [5.41, 5.74) is 1.18. The molecule has 9 nitrogen and oxygen atoms in total. The summed E-state index contributed by atoms with van der Waals surface area (Å²) in [6.45, 7) is 3.66. The molecule has 2 aliphatic rings. The number of anilines is 1. The first kappa shape index (κ1) is 20.3. The Morgan fingerprint density at radius 1 is 1.27 bits per heavy atom. The van der Waals surface area contributed by atoms with Crippen LogP contribution in [0.4, 0.5) is 5.95 Å². The topological polar surface area (TPSA) is 102 Å². The first-order valence-electron chi connectivity index (χ1n) is 10.5. The van der Waals surface area contributed by atoms with Crippen molar-refractivity contribution in [3.63, 3.8) is 0 Å². The summed E-state index contributed by atoms with van der Waals surface area (Å²) in [5.74, 6) is 0.609. The zero-order valence-corrected chi connectivity index (χ0v) is 17.7. The molecule has 9 heteroatoms. The third-order valence-electron chi connectivity index (χ3n) is 6.11. The van der Waals surface area contributed by atoms with Crippen LogP contribution in [0.3, 0.4) is 0 Å². The molecule has 0 bridgehead atoms. The third kappa shape index (κ3) is 3.76. The van der Waals surface area contributed by atoms with Crippen molar-refractivity contribution in [1.29, 1.82) is 0 Å². The van der Waals surface area contributed by atoms with Gasteiger partial charge in [-0.3, -0.25) is 14.4 Å². The highest BCUT2D eigenvalue weighted by Gasteiger charge is 2.34. The van der Waals surface area contributed by atoms with Gasteiger partial charge in [-0.05, 0) is 32.3 Å². The minimum Gasteiger partial charge on any atom is -0.347 e. The Labute approximate surface area is 175 Å². The van der Waals surface area contributed by atoms with Crippen molar-refractivity contribution in [2.45, 2.75) is 44.6 Å². The van der Waals surface area contributed by atoms with Crippen molar-refractivity contribution in [2.75, 3.05) is 38.6 Å². The lowest BCUT2D eigenvalue weighted by molar-refractivity contribution is -0.143. The second-order valence-electron chi connectivity index (χ2n) is 8.41. The molecule has 2 aromatic heterocycles. The molecule has 2 amide bonds. The minimum absolute atomic E-state index is 0.0182. The second-order valence-corrected chi connectivity index (χ2v) is 8.41. The van der Waals surface area contributed by atoms with Crippen LogP contribution in [0.25, 0.3) is 10.9 Å². The quantitative estimate of drug-likeness (QED) is 0.807. The fraction of sp³-hybridized carbons (Fsp3) is 0.571. The highest BCUT2D eigenvalue weighted by Crippen LogP contribution is 2.27. The molecular weight excluding hydrogens is 384 g/mol. The number of hydrogen-bond donors (Lipinski definition) is 1. The van der Waals surface area contributed by atoms with E-state index in [1.165, 1.54) is 0 Å². The number of H-pyrrole nitrogens is 1. The number of nitrogens with zero attached hydrogens (tertiary/aromatic N) is 5. The number of aromatic nitrogens is 3. The zero-order chi connectivity index (χ0) is 21.4. The molecule has 2 saturated heterocycles. The van der Waals surface area contributed by atoms with Crippen molar-refractivity contribution in [3.8, 4) is 0 Å². The summed E-state index contributed by atoms with van der Waals surface area (Å²) in [7, 11) is 3.71. The molecule has 1 N–H and O–H groups in total. The second kappa shape index (κ2) is 8.04. The van der Waals surface area contributed by atoms with Crippen LogP contribution in [0.5, 0.6) is 0 Å². The summed E-state index contributed by atoms with van der Waals surface area (Å²) < 4.78 is 0. The Hall–Kier alpha value is -2.97. The lowest BCUT2D eigenvalue weighted by Crippen LogP contribution is -2.50. The molecule has 2 aliphatic heterocycles. The maximum atomic E-state index is 13.0. The predicted octanol–water partition coefficient (Wildman–Crippen LogP) is 1.10. The first-order chi connectivity index (χ1) is 14.3. The van der Waals surface area contributed by atoms with Gasteiger partial charge in [0, 0.05) is 58.0 Å². The first-order valence-corrected chi connectivity index (χ1v) is 10.5. The number of hydrogen-bond acceptors (Lipinski definition) is 6. The van der Waals surface area contributed by atoms with Crippen molar-refractivity contribution in [2.24, 2.45) is 0 Å². The number of fused-ring (bicyclic) bond motifs is 1. The molecule has 160 valence electrons. The summed E-state index contributed by atoms with van der Waals surface area (Å²) in [5, 5.41) is 0.453. The standard InChI is InChI=1S/C21H28N6O3/c1-13(27-9-5-7-18(27)28)20(30)26-8-4-6-14(12-26)16-10-17-15(19(29)23-16)11-22-21(24-17)25(2)3/h10-11,13-14H,4-9,12H2,1-3H3,(H,23,29)/t13-,14-/m1/s1. The number of rotatable bonds is 4. The number of piperidine rings is 1. The van der Waals surface area contributed by atoms with Gasteiger partial charge in [0.25, 0.3) is 5.56 Å². The van der Waals surface area contributed by atoms with Crippen molar-refractivity contribution in [3.05, 3.63) is 28.3 Å². The van der Waals surface area contributed by atoms with Gasteiger partial charge in [-0.25, -0.2) is 9.97 Å². The van der Waals surface area contributed by atoms with Crippen molar-refractivity contribution < 1.29 is 9.59 Å². The van der Waals surface area contributed by atoms with E-state index in [1.54, 1.807) is 16.0 Å². The van der Waals surface area contributed by atoms with E-state index < -0.39 is 6.04 Å². The Kier molecular flexibility index (Phi) is 5.44. The number of pyridine rings is 1. The summed E-state index contributed by atoms with van der Waals surface area (Å²) >= 11 is 0. The van der Waals surface area contributed by atoms with E-state index in [1.807, 2.05) is 32.0 Å². The highest BCUT2D eigenvalue weighted by molar-refractivity contribution is 5.88. The highest BCUT2D eigenvalue weighted by atomic mass is 16.2. The van der Waals surface area contributed by atoms with Crippen LogP contribution in [0.2, 0.25) is 0 Å². The number of likely N-dealkylation sites (tertiary alicyclic amines) is 2. The molecular formula is C21H28N6O3. The van der Waals surface area contributed by atoms with Crippen LogP contribution >= 0.6 is 0 Å². The number of nitrogens with one attached hydrogen (secondary N) is 1. The molecule has 0 spiro atoms. The Morgan fingerprint density at radius 2 is 2.07 bits per heavy atom. The smallest absolute Gasteiger partial charge is 0.259 e. The average Bonchev–Trinajstić information content (AvgIpc) is 3.18. The van der Waals surface area contributed by atoms with E-state index in [0.717, 1.165) is 25.0 Å². The Bertz CT molecular complexity index is 1030. The maximum Gasteiger partial charge on any atom is 0.259 e. The average molecular weight is 412 g/mol. The predicted molar refractivity (Wildman–Crippen MR) is 113 cm³/mol. The molecule has 2 fully saturated rings. The molecule has 2 atom stereocenters. The van der Waals surface area contributed by atoms with Crippen LogP contribution in [0.15, 0.2) is 17.1 Å². The van der Waals surface area contributed by atoms with Gasteiger partial charge < -0.3 is 19.7 Å². The molecule has 0 aliphatic carbocycles. The third-order valence-corrected chi connectivity index (χ3v) is 6.11. The van der Waals surface area contributed by atoms with E-state index in [0.29, 0.717) is 42.9 Å². The molecule has 4 rings (SSSR count). The monoisotopic (exact) mass is 412 g/mol. The Balaban J connectivity index is 1.56. The van der Waals surface area contributed by atoms with Crippen LogP contribution in [-0.2, 0) is 9.59 Å². The molecule has 0 radical (unpaired) electrons. The molecule has 30 heavy (non-hydrogen) atoms. The van der Waals surface area contributed by atoms with E-state index in [9.17, 15) is 14.4 Å².